The van der Waals surface area contributed by atoms with Gasteiger partial charge >= 0.3 is 0 Å². The van der Waals surface area contributed by atoms with Gasteiger partial charge in [-0.3, -0.25) is 11.3 Å². The molecule has 3 N–H and O–H groups in total. The van der Waals surface area contributed by atoms with Gasteiger partial charge in [-0.2, -0.15) is 0 Å². The number of nitrogens with one attached hydrogen (secondary N) is 1. The molecule has 0 bridgehead atoms. The Kier molecular flexibility index (Phi) is 4.29. The first-order chi connectivity index (χ1) is 8.61. The van der Waals surface area contributed by atoms with Crippen molar-refractivity contribution < 1.29 is 9.13 Å². The number of halogens is 1. The first kappa shape index (κ1) is 13.4. The van der Waals surface area contributed by atoms with Crippen molar-refractivity contribution in [3.8, 4) is 0 Å². The predicted molar refractivity (Wildman–Crippen MR) is 68.4 cm³/mol. The van der Waals surface area contributed by atoms with E-state index in [1.54, 1.807) is 13.0 Å². The Morgan fingerprint density at radius 2 is 2.33 bits per heavy atom. The minimum atomic E-state index is -0.211. The minimum Gasteiger partial charge on any atom is -0.374 e. The van der Waals surface area contributed by atoms with Crippen LogP contribution in [0.2, 0.25) is 0 Å². The largest absolute Gasteiger partial charge is 0.374 e. The topological polar surface area (TPSA) is 50.5 Å². The highest BCUT2D eigenvalue weighted by atomic mass is 19.1. The molecular formula is C13H20FN3O. The van der Waals surface area contributed by atoms with Crippen molar-refractivity contribution in [2.24, 2.45) is 5.84 Å². The van der Waals surface area contributed by atoms with Crippen LogP contribution in [0.4, 0.5) is 4.39 Å². The van der Waals surface area contributed by atoms with Gasteiger partial charge in [-0.1, -0.05) is 12.1 Å². The number of hydrazine groups is 1. The van der Waals surface area contributed by atoms with E-state index in [0.717, 1.165) is 18.7 Å². The third kappa shape index (κ3) is 2.87. The van der Waals surface area contributed by atoms with Crippen LogP contribution in [0.25, 0.3) is 0 Å². The maximum Gasteiger partial charge on any atom is 0.126 e. The summed E-state index contributed by atoms with van der Waals surface area (Å²) < 4.78 is 19.3. The van der Waals surface area contributed by atoms with Crippen LogP contribution in [0.3, 0.4) is 0 Å². The average molecular weight is 253 g/mol. The molecule has 4 nitrogen and oxygen atoms in total. The number of likely N-dealkylation sites (N-methyl/N-ethyl adjacent to an activating group) is 1. The molecular weight excluding hydrogens is 233 g/mol. The van der Waals surface area contributed by atoms with E-state index in [1.165, 1.54) is 6.07 Å². The summed E-state index contributed by atoms with van der Waals surface area (Å²) in [5, 5.41) is 0. The van der Waals surface area contributed by atoms with Crippen LogP contribution in [0, 0.1) is 12.7 Å². The van der Waals surface area contributed by atoms with E-state index in [-0.39, 0.29) is 18.0 Å². The Morgan fingerprint density at radius 1 is 1.56 bits per heavy atom. The summed E-state index contributed by atoms with van der Waals surface area (Å²) in [4.78, 5) is 2.18. The van der Waals surface area contributed by atoms with Crippen molar-refractivity contribution >= 4 is 0 Å². The van der Waals surface area contributed by atoms with E-state index in [9.17, 15) is 4.39 Å². The lowest BCUT2D eigenvalue weighted by Gasteiger charge is -2.35. The molecule has 0 amide bonds. The Morgan fingerprint density at radius 3 is 2.94 bits per heavy atom. The summed E-state index contributed by atoms with van der Waals surface area (Å²) in [5.74, 6) is 5.39. The SMILES string of the molecule is Cc1ccc(C(NN)C2CN(C)CCO2)cc1F. The Labute approximate surface area is 107 Å². The quantitative estimate of drug-likeness (QED) is 0.622. The zero-order valence-electron chi connectivity index (χ0n) is 10.8. The molecule has 1 fully saturated rings. The van der Waals surface area contributed by atoms with Crippen LogP contribution in [0.1, 0.15) is 17.2 Å². The van der Waals surface area contributed by atoms with Gasteiger partial charge < -0.3 is 9.64 Å². The standard InChI is InChI=1S/C13H20FN3O/c1-9-3-4-10(7-11(9)14)13(16-15)12-8-17(2)5-6-18-12/h3-4,7,12-13,16H,5-6,8,15H2,1-2H3. The van der Waals surface area contributed by atoms with Crippen molar-refractivity contribution in [2.45, 2.75) is 19.1 Å². The summed E-state index contributed by atoms with van der Waals surface area (Å²) >= 11 is 0. The second kappa shape index (κ2) is 5.75. The van der Waals surface area contributed by atoms with E-state index < -0.39 is 0 Å². The number of hydrogen-bond donors (Lipinski definition) is 2. The molecule has 2 atom stereocenters. The van der Waals surface area contributed by atoms with Gasteiger partial charge in [-0.25, -0.2) is 4.39 Å². The van der Waals surface area contributed by atoms with Crippen molar-refractivity contribution in [1.29, 1.82) is 0 Å². The number of benzene rings is 1. The number of hydrogen-bond acceptors (Lipinski definition) is 4. The molecule has 1 aromatic rings. The minimum absolute atomic E-state index is 0.0594. The normalized spacial score (nSPS) is 23.0. The summed E-state index contributed by atoms with van der Waals surface area (Å²) in [6.45, 7) is 4.11. The Hall–Kier alpha value is -1.01. The van der Waals surface area contributed by atoms with Crippen LogP contribution in [0.15, 0.2) is 18.2 Å². The van der Waals surface area contributed by atoms with E-state index in [0.29, 0.717) is 12.2 Å². The molecule has 2 rings (SSSR count). The molecule has 1 aromatic carbocycles. The number of ether oxygens (including phenoxy) is 1. The van der Waals surface area contributed by atoms with Gasteiger partial charge in [-0.05, 0) is 31.2 Å². The highest BCUT2D eigenvalue weighted by molar-refractivity contribution is 5.26. The van der Waals surface area contributed by atoms with Crippen molar-refractivity contribution in [2.75, 3.05) is 26.7 Å². The highest BCUT2D eigenvalue weighted by Crippen LogP contribution is 2.23. The molecule has 0 aliphatic carbocycles. The number of rotatable bonds is 3. The monoisotopic (exact) mass is 253 g/mol. The molecule has 1 aliphatic heterocycles. The molecule has 0 spiro atoms. The van der Waals surface area contributed by atoms with Crippen LogP contribution in [-0.2, 0) is 4.74 Å². The molecule has 18 heavy (non-hydrogen) atoms. The smallest absolute Gasteiger partial charge is 0.126 e. The second-order valence-corrected chi connectivity index (χ2v) is 4.82. The predicted octanol–water partition coefficient (Wildman–Crippen LogP) is 0.969. The fraction of sp³-hybridized carbons (Fsp3) is 0.538. The van der Waals surface area contributed by atoms with Gasteiger partial charge in [0.15, 0.2) is 0 Å². The molecule has 5 heteroatoms. The lowest BCUT2D eigenvalue weighted by Crippen LogP contribution is -2.48. The van der Waals surface area contributed by atoms with E-state index in [1.807, 2.05) is 13.1 Å². The van der Waals surface area contributed by atoms with Crippen molar-refractivity contribution in [3.63, 3.8) is 0 Å². The number of nitrogens with zero attached hydrogens (tertiary/aromatic N) is 1. The van der Waals surface area contributed by atoms with Crippen LogP contribution in [-0.4, -0.2) is 37.7 Å². The number of morpholine rings is 1. The number of nitrogens with two attached hydrogens (primary N) is 1. The molecule has 0 radical (unpaired) electrons. The van der Waals surface area contributed by atoms with Gasteiger partial charge in [-0.15, -0.1) is 0 Å². The fourth-order valence-electron chi connectivity index (χ4n) is 2.23. The van der Waals surface area contributed by atoms with Gasteiger partial charge in [0.1, 0.15) is 5.82 Å². The zero-order valence-corrected chi connectivity index (χ0v) is 10.8. The van der Waals surface area contributed by atoms with Gasteiger partial charge in [0.05, 0.1) is 18.8 Å². The van der Waals surface area contributed by atoms with Gasteiger partial charge in [0.2, 0.25) is 0 Å². The maximum atomic E-state index is 13.6. The van der Waals surface area contributed by atoms with Crippen molar-refractivity contribution in [1.82, 2.24) is 10.3 Å². The summed E-state index contributed by atoms with van der Waals surface area (Å²) in [7, 11) is 2.04. The second-order valence-electron chi connectivity index (χ2n) is 4.82. The molecule has 0 aromatic heterocycles. The molecule has 2 unspecified atom stereocenters. The molecule has 1 saturated heterocycles. The third-order valence-corrected chi connectivity index (χ3v) is 3.40. The highest BCUT2D eigenvalue weighted by Gasteiger charge is 2.27. The number of aryl methyl sites for hydroxylation is 1. The maximum absolute atomic E-state index is 13.6. The summed E-state index contributed by atoms with van der Waals surface area (Å²) in [6.07, 6.45) is -0.0594. The van der Waals surface area contributed by atoms with Crippen LogP contribution < -0.4 is 11.3 Å². The fourth-order valence-corrected chi connectivity index (χ4v) is 2.23. The molecule has 0 saturated carbocycles. The molecule has 100 valence electrons. The van der Waals surface area contributed by atoms with Crippen LogP contribution in [0.5, 0.6) is 0 Å². The third-order valence-electron chi connectivity index (χ3n) is 3.40. The lowest BCUT2D eigenvalue weighted by atomic mass is 9.99. The van der Waals surface area contributed by atoms with E-state index in [4.69, 9.17) is 10.6 Å². The van der Waals surface area contributed by atoms with Crippen LogP contribution >= 0.6 is 0 Å². The summed E-state index contributed by atoms with van der Waals surface area (Å²) in [6, 6.07) is 4.99. The Bertz CT molecular complexity index is 413. The summed E-state index contributed by atoms with van der Waals surface area (Å²) in [5.41, 5.74) is 4.19. The van der Waals surface area contributed by atoms with Gasteiger partial charge in [0, 0.05) is 13.1 Å². The first-order valence-electron chi connectivity index (χ1n) is 6.14. The lowest BCUT2D eigenvalue weighted by molar-refractivity contribution is -0.0393. The van der Waals surface area contributed by atoms with Crippen molar-refractivity contribution in [3.05, 3.63) is 35.1 Å². The van der Waals surface area contributed by atoms with Gasteiger partial charge in [0.25, 0.3) is 0 Å². The average Bonchev–Trinajstić information content (AvgIpc) is 2.35. The Balaban J connectivity index is 2.18. The van der Waals surface area contributed by atoms with E-state index >= 15 is 0 Å². The molecule has 1 heterocycles. The zero-order chi connectivity index (χ0) is 13.1. The molecule has 1 aliphatic rings. The first-order valence-corrected chi connectivity index (χ1v) is 6.14. The van der Waals surface area contributed by atoms with E-state index in [2.05, 4.69) is 10.3 Å².